The molecule has 2 aromatic rings. The van der Waals surface area contributed by atoms with E-state index in [9.17, 15) is 7.56 Å². The van der Waals surface area contributed by atoms with Gasteiger partial charge >= 0.3 is 133 Å². The molecule has 112 valence electrons. The van der Waals surface area contributed by atoms with E-state index in [2.05, 4.69) is 10.2 Å². The third-order valence-electron chi connectivity index (χ3n) is 2.99. The molecule has 0 amide bonds. The second-order valence-corrected chi connectivity index (χ2v) is 12.1. The van der Waals surface area contributed by atoms with Crippen molar-refractivity contribution in [3.63, 3.8) is 0 Å². The summed E-state index contributed by atoms with van der Waals surface area (Å²) < 4.78 is 32.7. The van der Waals surface area contributed by atoms with Gasteiger partial charge in [-0.05, 0) is 0 Å². The summed E-state index contributed by atoms with van der Waals surface area (Å²) in [6.45, 7) is 7.56. The Morgan fingerprint density at radius 3 is 1.57 bits per heavy atom. The van der Waals surface area contributed by atoms with E-state index in [-0.39, 0.29) is 10.8 Å². The van der Waals surface area contributed by atoms with Crippen molar-refractivity contribution in [2.75, 3.05) is 0 Å². The molecule has 21 heavy (non-hydrogen) atoms. The molecule has 2 aromatic heterocycles. The normalized spacial score (nSPS) is 10.7. The van der Waals surface area contributed by atoms with Crippen molar-refractivity contribution >= 4 is 29.2 Å². The van der Waals surface area contributed by atoms with Crippen LogP contribution in [0.5, 0.6) is 0 Å². The number of nitrogens with zero attached hydrogens (tertiary/aromatic N) is 4. The van der Waals surface area contributed by atoms with Gasteiger partial charge < -0.3 is 0 Å². The Morgan fingerprint density at radius 1 is 0.905 bits per heavy atom. The molecule has 0 aromatic carbocycles. The monoisotopic (exact) mass is 414 g/mol. The van der Waals surface area contributed by atoms with E-state index in [1.807, 2.05) is 39.8 Å². The fourth-order valence-corrected chi connectivity index (χ4v) is 9.46. The zero-order valence-electron chi connectivity index (χ0n) is 12.6. The maximum absolute atomic E-state index is 12.0. The van der Waals surface area contributed by atoms with E-state index in [0.717, 1.165) is 22.8 Å². The summed E-state index contributed by atoms with van der Waals surface area (Å²) in [5, 5.41) is 8.94. The van der Waals surface area contributed by atoms with Gasteiger partial charge in [0.15, 0.2) is 0 Å². The van der Waals surface area contributed by atoms with Crippen LogP contribution in [0.3, 0.4) is 0 Å². The maximum atomic E-state index is 12.0. The average molecular weight is 412 g/mol. The zero-order chi connectivity index (χ0) is 15.6. The van der Waals surface area contributed by atoms with Gasteiger partial charge in [-0.2, -0.15) is 0 Å². The molecule has 7 nitrogen and oxygen atoms in total. The molecule has 0 N–H and O–H groups in total. The van der Waals surface area contributed by atoms with Crippen molar-refractivity contribution in [3.8, 4) is 0 Å². The second-order valence-electron chi connectivity index (χ2n) is 5.02. The van der Waals surface area contributed by atoms with Gasteiger partial charge in [-0.15, -0.1) is 0 Å². The predicted molar refractivity (Wildman–Crippen MR) is 77.4 cm³/mol. The summed E-state index contributed by atoms with van der Waals surface area (Å²) in [6, 6.07) is 3.83. The molecular formula is C12H18Ge2N4O3. The number of hydrogen-bond acceptors (Lipinski definition) is 5. The van der Waals surface area contributed by atoms with Gasteiger partial charge in [-0.1, -0.05) is 0 Å². The van der Waals surface area contributed by atoms with Crippen LogP contribution in [0.4, 0.5) is 0 Å². The number of aryl methyl sites for hydroxylation is 4. The van der Waals surface area contributed by atoms with Crippen molar-refractivity contribution in [3.05, 3.63) is 34.9 Å². The van der Waals surface area contributed by atoms with Gasteiger partial charge in [-0.3, -0.25) is 0 Å². The molecule has 0 spiro atoms. The molecule has 0 aliphatic rings. The van der Waals surface area contributed by atoms with E-state index in [1.54, 1.807) is 9.36 Å². The Balaban J connectivity index is 1.92. The Labute approximate surface area is 132 Å². The summed E-state index contributed by atoms with van der Waals surface area (Å²) >= 11 is -6.13. The molecule has 0 aliphatic heterocycles. The van der Waals surface area contributed by atoms with Gasteiger partial charge in [0, 0.05) is 0 Å². The Bertz CT molecular complexity index is 634. The van der Waals surface area contributed by atoms with Crippen LogP contribution in [-0.4, -0.2) is 48.8 Å². The Hall–Kier alpha value is -1.09. The third-order valence-corrected chi connectivity index (χ3v) is 11.3. The van der Waals surface area contributed by atoms with Crippen LogP contribution in [0.25, 0.3) is 0 Å². The number of hydrogen-bond donors (Lipinski definition) is 0. The fourth-order valence-electron chi connectivity index (χ4n) is 2.11. The number of rotatable bonds is 6. The van der Waals surface area contributed by atoms with E-state index in [4.69, 9.17) is 2.79 Å². The van der Waals surface area contributed by atoms with Gasteiger partial charge in [0.25, 0.3) is 0 Å². The van der Waals surface area contributed by atoms with Crippen molar-refractivity contribution < 1.29 is 10.3 Å². The SMILES string of the molecule is Cc1cc(C)n([CH2][Ge](=[O])[O][Ge](=[O])[CH2]n2nc(C)cc2C)n1. The third kappa shape index (κ3) is 4.43. The standard InChI is InChI=1S/C12H18Ge2N4O3/c1-9-5-11(3)17(15-9)7-13(19)21-14(20)8-18-12(4)6-10(2)16-18/h5-6H,7-8H2,1-4H3. The van der Waals surface area contributed by atoms with E-state index < -0.39 is 29.2 Å². The molecule has 0 unspecified atom stereocenters. The summed E-state index contributed by atoms with van der Waals surface area (Å²) in [5.41, 5.74) is 3.62. The Kier molecular flexibility index (Phi) is 5.25. The molecule has 2 heterocycles. The van der Waals surface area contributed by atoms with E-state index >= 15 is 0 Å². The molecule has 2 rings (SSSR count). The predicted octanol–water partition coefficient (Wildman–Crippen LogP) is 0.946. The molecule has 0 aliphatic carbocycles. The van der Waals surface area contributed by atoms with Crippen molar-refractivity contribution in [2.45, 2.75) is 38.4 Å². The molecular weight excluding hydrogens is 393 g/mol. The summed E-state index contributed by atoms with van der Waals surface area (Å²) in [4.78, 5) is 0. The van der Waals surface area contributed by atoms with Crippen LogP contribution in [0.1, 0.15) is 22.8 Å². The van der Waals surface area contributed by atoms with Crippen molar-refractivity contribution in [2.24, 2.45) is 0 Å². The van der Waals surface area contributed by atoms with E-state index in [0.29, 0.717) is 0 Å². The summed E-state index contributed by atoms with van der Waals surface area (Å²) in [5.74, 6) is 0. The van der Waals surface area contributed by atoms with Crippen LogP contribution >= 0.6 is 0 Å². The minimum absolute atomic E-state index is 0.232. The van der Waals surface area contributed by atoms with Gasteiger partial charge in [-0.25, -0.2) is 0 Å². The molecule has 0 fully saturated rings. The van der Waals surface area contributed by atoms with Gasteiger partial charge in [0.05, 0.1) is 0 Å². The van der Waals surface area contributed by atoms with Crippen LogP contribution in [0, 0.1) is 27.7 Å². The molecule has 0 saturated carbocycles. The second kappa shape index (κ2) is 6.78. The van der Waals surface area contributed by atoms with E-state index in [1.165, 1.54) is 0 Å². The van der Waals surface area contributed by atoms with Crippen LogP contribution in [-0.2, 0) is 21.1 Å². The summed E-state index contributed by atoms with van der Waals surface area (Å²) in [6.07, 6.45) is 0. The minimum atomic E-state index is -3.06. The molecule has 0 atom stereocenters. The first-order valence-electron chi connectivity index (χ1n) is 6.61. The fraction of sp³-hybridized carbons (Fsp3) is 0.500. The van der Waals surface area contributed by atoms with Gasteiger partial charge in [0.1, 0.15) is 0 Å². The Morgan fingerprint density at radius 2 is 1.29 bits per heavy atom. The number of aromatic nitrogens is 4. The molecule has 0 bridgehead atoms. The van der Waals surface area contributed by atoms with Crippen LogP contribution in [0.15, 0.2) is 12.1 Å². The summed E-state index contributed by atoms with van der Waals surface area (Å²) in [7, 11) is 0. The van der Waals surface area contributed by atoms with Gasteiger partial charge in [0.2, 0.25) is 0 Å². The van der Waals surface area contributed by atoms with Crippen molar-refractivity contribution in [1.82, 2.24) is 19.6 Å². The first-order chi connectivity index (χ1) is 9.85. The zero-order valence-corrected chi connectivity index (χ0v) is 16.8. The molecule has 9 heteroatoms. The first-order valence-corrected chi connectivity index (χ1v) is 13.0. The first kappa shape index (κ1) is 16.3. The van der Waals surface area contributed by atoms with Crippen LogP contribution in [0.2, 0.25) is 0 Å². The quantitative estimate of drug-likeness (QED) is 0.661. The van der Waals surface area contributed by atoms with Crippen LogP contribution < -0.4 is 0 Å². The topological polar surface area (TPSA) is 79.0 Å². The van der Waals surface area contributed by atoms with Crippen molar-refractivity contribution in [1.29, 1.82) is 0 Å². The molecule has 0 radical (unpaired) electrons. The average Bonchev–Trinajstić information content (AvgIpc) is 2.81. The molecule has 0 saturated heterocycles.